The van der Waals surface area contributed by atoms with Crippen LogP contribution in [0.15, 0.2) is 24.3 Å². The predicted molar refractivity (Wildman–Crippen MR) is 96.7 cm³/mol. The number of nitrogens with one attached hydrogen (secondary N) is 3. The van der Waals surface area contributed by atoms with E-state index in [9.17, 15) is 4.79 Å². The van der Waals surface area contributed by atoms with Crippen molar-refractivity contribution in [3.63, 3.8) is 0 Å². The molecule has 0 saturated carbocycles. The second-order valence-corrected chi connectivity index (χ2v) is 6.62. The van der Waals surface area contributed by atoms with Gasteiger partial charge in [0.1, 0.15) is 10.6 Å². The summed E-state index contributed by atoms with van der Waals surface area (Å²) in [6.45, 7) is 6.39. The van der Waals surface area contributed by atoms with Gasteiger partial charge in [0.15, 0.2) is 0 Å². The van der Waals surface area contributed by atoms with Crippen LogP contribution in [0.4, 0.5) is 10.5 Å². The quantitative estimate of drug-likeness (QED) is 0.392. The van der Waals surface area contributed by atoms with Gasteiger partial charge in [-0.1, -0.05) is 18.3 Å². The second kappa shape index (κ2) is 6.87. The second-order valence-electron chi connectivity index (χ2n) is 6.21. The number of carbonyl (C=O) groups is 1. The van der Waals surface area contributed by atoms with Crippen LogP contribution in [0, 0.1) is 0 Å². The van der Waals surface area contributed by atoms with E-state index in [-0.39, 0.29) is 0 Å². The summed E-state index contributed by atoms with van der Waals surface area (Å²) in [6, 6.07) is 7.62. The lowest BCUT2D eigenvalue weighted by atomic mass is 10.2. The first-order valence-corrected chi connectivity index (χ1v) is 7.79. The molecule has 0 aliphatic heterocycles. The molecule has 0 aliphatic carbocycles. The van der Waals surface area contributed by atoms with Crippen molar-refractivity contribution in [2.45, 2.75) is 26.4 Å². The fraction of sp³-hybridized carbons (Fsp3) is 0.375. The van der Waals surface area contributed by atoms with Gasteiger partial charge in [0.25, 0.3) is 0 Å². The zero-order valence-corrected chi connectivity index (χ0v) is 14.3. The molecule has 5 N–H and O–H groups in total. The third kappa shape index (κ3) is 5.14. The molecule has 0 unspecified atom stereocenters. The highest BCUT2D eigenvalue weighted by atomic mass is 32.1. The fourth-order valence-corrected chi connectivity index (χ4v) is 2.23. The minimum Gasteiger partial charge on any atom is -0.444 e. The molecule has 23 heavy (non-hydrogen) atoms. The molecule has 0 spiro atoms. The summed E-state index contributed by atoms with van der Waals surface area (Å²) in [5, 5.41) is 6.81. The maximum Gasteiger partial charge on any atom is 0.407 e. The fourth-order valence-electron chi connectivity index (χ4n) is 2.02. The molecule has 0 atom stereocenters. The standard InChI is InChI=1S/C16H22N4O2S/c1-16(2,3)22-15(21)19-7-6-18-14(23)13-8-10-4-5-11(17)9-12(10)20-13/h4-5,8-9,20H,6-7,17H2,1-3H3,(H,18,23)(H,19,21). The van der Waals surface area contributed by atoms with Crippen LogP contribution in [0.2, 0.25) is 0 Å². The molecule has 1 heterocycles. The van der Waals surface area contributed by atoms with E-state index < -0.39 is 11.7 Å². The number of ether oxygens (including phenoxy) is 1. The van der Waals surface area contributed by atoms with Crippen LogP contribution in [0.25, 0.3) is 10.9 Å². The molecule has 7 heteroatoms. The molecule has 1 aromatic heterocycles. The third-order valence-electron chi connectivity index (χ3n) is 2.97. The molecule has 2 aromatic rings. The van der Waals surface area contributed by atoms with Crippen molar-refractivity contribution in [1.82, 2.24) is 15.6 Å². The van der Waals surface area contributed by atoms with Gasteiger partial charge in [0.2, 0.25) is 0 Å². The molecular weight excluding hydrogens is 312 g/mol. The van der Waals surface area contributed by atoms with Gasteiger partial charge < -0.3 is 26.1 Å². The third-order valence-corrected chi connectivity index (χ3v) is 3.33. The highest BCUT2D eigenvalue weighted by molar-refractivity contribution is 7.80. The van der Waals surface area contributed by atoms with E-state index in [1.54, 1.807) is 0 Å². The Balaban J connectivity index is 1.81. The van der Waals surface area contributed by atoms with Gasteiger partial charge in [-0.3, -0.25) is 0 Å². The lowest BCUT2D eigenvalue weighted by molar-refractivity contribution is 0.0529. The maximum absolute atomic E-state index is 11.5. The van der Waals surface area contributed by atoms with Crippen molar-refractivity contribution in [1.29, 1.82) is 0 Å². The summed E-state index contributed by atoms with van der Waals surface area (Å²) in [6.07, 6.45) is -0.439. The number of aromatic amines is 1. The number of aromatic nitrogens is 1. The molecule has 124 valence electrons. The number of benzene rings is 1. The predicted octanol–water partition coefficient (Wildman–Crippen LogP) is 2.54. The zero-order valence-electron chi connectivity index (χ0n) is 13.5. The van der Waals surface area contributed by atoms with Crippen LogP contribution < -0.4 is 16.4 Å². The topological polar surface area (TPSA) is 92.2 Å². The average Bonchev–Trinajstić information content (AvgIpc) is 2.84. The Morgan fingerprint density at radius 1 is 1.26 bits per heavy atom. The number of hydrogen-bond acceptors (Lipinski definition) is 4. The van der Waals surface area contributed by atoms with Crippen molar-refractivity contribution in [3.8, 4) is 0 Å². The molecule has 0 radical (unpaired) electrons. The molecule has 2 rings (SSSR count). The van der Waals surface area contributed by atoms with E-state index >= 15 is 0 Å². The van der Waals surface area contributed by atoms with Crippen molar-refractivity contribution in [2.24, 2.45) is 0 Å². The summed E-state index contributed by atoms with van der Waals surface area (Å²) in [5.74, 6) is 0. The summed E-state index contributed by atoms with van der Waals surface area (Å²) in [7, 11) is 0. The van der Waals surface area contributed by atoms with Crippen molar-refractivity contribution in [2.75, 3.05) is 18.8 Å². The molecule has 0 aliphatic rings. The van der Waals surface area contributed by atoms with Crippen molar-refractivity contribution < 1.29 is 9.53 Å². The summed E-state index contributed by atoms with van der Waals surface area (Å²) in [5.41, 5.74) is 7.72. The molecule has 0 saturated heterocycles. The van der Waals surface area contributed by atoms with E-state index in [1.807, 2.05) is 45.0 Å². The minimum atomic E-state index is -0.501. The molecule has 6 nitrogen and oxygen atoms in total. The van der Waals surface area contributed by atoms with Crippen LogP contribution in [0.5, 0.6) is 0 Å². The number of alkyl carbamates (subject to hydrolysis) is 1. The van der Waals surface area contributed by atoms with Crippen LogP contribution >= 0.6 is 12.2 Å². The van der Waals surface area contributed by atoms with E-state index in [4.69, 9.17) is 22.7 Å². The largest absolute Gasteiger partial charge is 0.444 e. The van der Waals surface area contributed by atoms with Crippen molar-refractivity contribution in [3.05, 3.63) is 30.0 Å². The van der Waals surface area contributed by atoms with Crippen LogP contribution in [-0.2, 0) is 4.74 Å². The number of hydrogen-bond donors (Lipinski definition) is 4. The number of rotatable bonds is 4. The number of H-pyrrole nitrogens is 1. The number of fused-ring (bicyclic) bond motifs is 1. The maximum atomic E-state index is 11.5. The van der Waals surface area contributed by atoms with Gasteiger partial charge in [-0.25, -0.2) is 4.79 Å². The number of anilines is 1. The Morgan fingerprint density at radius 3 is 2.65 bits per heavy atom. The molecular formula is C16H22N4O2S. The Morgan fingerprint density at radius 2 is 1.96 bits per heavy atom. The van der Waals surface area contributed by atoms with Gasteiger partial charge in [-0.15, -0.1) is 0 Å². The highest BCUT2D eigenvalue weighted by Crippen LogP contribution is 2.18. The molecule has 0 bridgehead atoms. The van der Waals surface area contributed by atoms with Crippen LogP contribution in [0.1, 0.15) is 26.5 Å². The Labute approximate surface area is 140 Å². The monoisotopic (exact) mass is 334 g/mol. The minimum absolute atomic E-state index is 0.419. The Bertz CT molecular complexity index is 718. The van der Waals surface area contributed by atoms with E-state index in [1.165, 1.54) is 0 Å². The highest BCUT2D eigenvalue weighted by Gasteiger charge is 2.15. The van der Waals surface area contributed by atoms with E-state index in [0.29, 0.717) is 23.8 Å². The molecule has 1 amide bonds. The van der Waals surface area contributed by atoms with E-state index in [0.717, 1.165) is 16.6 Å². The number of nitrogens with two attached hydrogens (primary N) is 1. The average molecular weight is 334 g/mol. The Hall–Kier alpha value is -2.28. The summed E-state index contributed by atoms with van der Waals surface area (Å²) < 4.78 is 5.15. The SMILES string of the molecule is CC(C)(C)OC(=O)NCCNC(=S)c1cc2ccc(N)cc2[nH]1. The van der Waals surface area contributed by atoms with Gasteiger partial charge in [0, 0.05) is 29.7 Å². The normalized spacial score (nSPS) is 11.3. The lowest BCUT2D eigenvalue weighted by Crippen LogP contribution is -2.37. The van der Waals surface area contributed by atoms with Gasteiger partial charge in [0.05, 0.1) is 5.69 Å². The van der Waals surface area contributed by atoms with Gasteiger partial charge in [-0.05, 0) is 39.0 Å². The molecule has 1 aromatic carbocycles. The van der Waals surface area contributed by atoms with Gasteiger partial charge in [-0.2, -0.15) is 0 Å². The molecule has 0 fully saturated rings. The smallest absolute Gasteiger partial charge is 0.407 e. The number of thiocarbonyl (C=S) groups is 1. The first kappa shape index (κ1) is 17.1. The van der Waals surface area contributed by atoms with E-state index in [2.05, 4.69) is 15.6 Å². The first-order valence-electron chi connectivity index (χ1n) is 7.38. The summed E-state index contributed by atoms with van der Waals surface area (Å²) >= 11 is 5.34. The Kier molecular flexibility index (Phi) is 5.10. The van der Waals surface area contributed by atoms with Crippen LogP contribution in [0.3, 0.4) is 0 Å². The number of nitrogen functional groups attached to an aromatic ring is 1. The number of carbonyl (C=O) groups excluding carboxylic acids is 1. The number of amides is 1. The zero-order chi connectivity index (χ0) is 17.0. The van der Waals surface area contributed by atoms with Crippen LogP contribution in [-0.4, -0.2) is 34.8 Å². The van der Waals surface area contributed by atoms with Crippen molar-refractivity contribution >= 4 is 39.9 Å². The first-order chi connectivity index (χ1) is 10.7. The van der Waals surface area contributed by atoms with Gasteiger partial charge >= 0.3 is 6.09 Å². The lowest BCUT2D eigenvalue weighted by Gasteiger charge is -2.19. The summed E-state index contributed by atoms with van der Waals surface area (Å²) in [4.78, 5) is 15.3.